The van der Waals surface area contributed by atoms with Crippen LogP contribution in [-0.2, 0) is 54.9 Å². The first kappa shape index (κ1) is 28.0. The lowest BCUT2D eigenvalue weighted by Gasteiger charge is -2.19. The van der Waals surface area contributed by atoms with E-state index in [4.69, 9.17) is 13.6 Å². The quantitative estimate of drug-likeness (QED) is 0.205. The standard InChI is InChI=1S/C24H27N8O8P/c1-27-19-17(21(33)29(3)23(27)35)31(14-25-19)10-12-38-41(37,40-16-8-6-5-7-9-16)39-13-11-32-15-26-20-18(32)22(34)30(4)24(36)28(20)2/h5-9,14-15H,10-13H2,1-4H3. The molecule has 4 aromatic heterocycles. The zero-order valence-electron chi connectivity index (χ0n) is 22.7. The van der Waals surface area contributed by atoms with Gasteiger partial charge < -0.3 is 13.7 Å². The Morgan fingerprint density at radius 2 is 1.12 bits per heavy atom. The summed E-state index contributed by atoms with van der Waals surface area (Å²) >= 11 is 0. The van der Waals surface area contributed by atoms with Crippen LogP contribution in [0.2, 0.25) is 0 Å². The van der Waals surface area contributed by atoms with Crippen molar-refractivity contribution in [2.24, 2.45) is 28.2 Å². The minimum Gasteiger partial charge on any atom is -0.404 e. The van der Waals surface area contributed by atoms with Crippen molar-refractivity contribution in [1.82, 2.24) is 37.4 Å². The Morgan fingerprint density at radius 1 is 0.683 bits per heavy atom. The van der Waals surface area contributed by atoms with Gasteiger partial charge in [0.15, 0.2) is 22.3 Å². The summed E-state index contributed by atoms with van der Waals surface area (Å²) in [6, 6.07) is 8.31. The number of benzene rings is 1. The molecule has 0 saturated heterocycles. The molecule has 41 heavy (non-hydrogen) atoms. The molecule has 0 aliphatic carbocycles. The maximum Gasteiger partial charge on any atom is 0.530 e. The molecular weight excluding hydrogens is 559 g/mol. The topological polar surface area (TPSA) is 168 Å². The maximum atomic E-state index is 13.7. The van der Waals surface area contributed by atoms with Gasteiger partial charge in [0.2, 0.25) is 0 Å². The van der Waals surface area contributed by atoms with Gasteiger partial charge in [-0.15, -0.1) is 0 Å². The largest absolute Gasteiger partial charge is 0.530 e. The molecule has 16 nitrogen and oxygen atoms in total. The molecule has 0 atom stereocenters. The minimum absolute atomic E-state index is 0.0473. The number of phosphoric ester groups is 1. The summed E-state index contributed by atoms with van der Waals surface area (Å²) in [7, 11) is 1.53. The van der Waals surface area contributed by atoms with Gasteiger partial charge in [-0.2, -0.15) is 0 Å². The van der Waals surface area contributed by atoms with E-state index in [-0.39, 0.29) is 54.4 Å². The highest BCUT2D eigenvalue weighted by Crippen LogP contribution is 2.49. The Kier molecular flexibility index (Phi) is 7.38. The zero-order chi connectivity index (χ0) is 29.5. The Bertz CT molecular complexity index is 1930. The van der Waals surface area contributed by atoms with Crippen molar-refractivity contribution in [3.05, 3.63) is 84.7 Å². The van der Waals surface area contributed by atoms with Crippen molar-refractivity contribution in [2.45, 2.75) is 13.1 Å². The average Bonchev–Trinajstić information content (AvgIpc) is 3.58. The maximum absolute atomic E-state index is 13.7. The van der Waals surface area contributed by atoms with Crippen molar-refractivity contribution in [3.63, 3.8) is 0 Å². The normalized spacial score (nSPS) is 12.0. The van der Waals surface area contributed by atoms with E-state index in [9.17, 15) is 23.7 Å². The molecule has 0 spiro atoms. The molecule has 1 aromatic carbocycles. The van der Waals surface area contributed by atoms with Crippen LogP contribution in [0.15, 0.2) is 62.2 Å². The van der Waals surface area contributed by atoms with Crippen molar-refractivity contribution in [3.8, 4) is 5.75 Å². The molecule has 0 aliphatic heterocycles. The molecule has 0 unspecified atom stereocenters. The van der Waals surface area contributed by atoms with Crippen molar-refractivity contribution < 1.29 is 18.1 Å². The van der Waals surface area contributed by atoms with Crippen LogP contribution in [0.1, 0.15) is 0 Å². The number of phosphoric acid groups is 1. The van der Waals surface area contributed by atoms with Gasteiger partial charge >= 0.3 is 19.2 Å². The highest BCUT2D eigenvalue weighted by Gasteiger charge is 2.29. The van der Waals surface area contributed by atoms with E-state index in [1.165, 1.54) is 59.1 Å². The zero-order valence-corrected chi connectivity index (χ0v) is 23.6. The molecule has 0 saturated carbocycles. The second kappa shape index (κ2) is 10.8. The Balaban J connectivity index is 1.35. The molecule has 0 bridgehead atoms. The van der Waals surface area contributed by atoms with Crippen LogP contribution in [-0.4, -0.2) is 50.6 Å². The molecular formula is C24H27N8O8P. The van der Waals surface area contributed by atoms with Crippen molar-refractivity contribution in [1.29, 1.82) is 0 Å². The van der Waals surface area contributed by atoms with Gasteiger partial charge in [0, 0.05) is 41.3 Å². The first-order valence-electron chi connectivity index (χ1n) is 12.4. The van der Waals surface area contributed by atoms with E-state index < -0.39 is 30.3 Å². The molecule has 0 radical (unpaired) electrons. The fourth-order valence-corrected chi connectivity index (χ4v) is 5.51. The number of fused-ring (bicyclic) bond motifs is 2. The molecule has 0 amide bonds. The first-order chi connectivity index (χ1) is 19.5. The number of hydrogen-bond acceptors (Lipinski definition) is 10. The summed E-state index contributed by atoms with van der Waals surface area (Å²) in [5.41, 5.74) is -1.31. The van der Waals surface area contributed by atoms with Gasteiger partial charge in [-0.3, -0.25) is 36.9 Å². The van der Waals surface area contributed by atoms with Gasteiger partial charge in [0.1, 0.15) is 5.75 Å². The van der Waals surface area contributed by atoms with Crippen LogP contribution in [0.4, 0.5) is 0 Å². The predicted octanol–water partition coefficient (Wildman–Crippen LogP) is 0.101. The summed E-state index contributed by atoms with van der Waals surface area (Å²) in [6.07, 6.45) is 2.77. The van der Waals surface area contributed by atoms with Gasteiger partial charge in [0.25, 0.3) is 11.1 Å². The number of rotatable bonds is 10. The summed E-state index contributed by atoms with van der Waals surface area (Å²) in [4.78, 5) is 58.1. The van der Waals surface area contributed by atoms with E-state index in [0.717, 1.165) is 9.13 Å². The van der Waals surface area contributed by atoms with E-state index in [2.05, 4.69) is 9.97 Å². The third-order valence-electron chi connectivity index (χ3n) is 6.56. The number of aromatic nitrogens is 8. The average molecular weight is 587 g/mol. The van der Waals surface area contributed by atoms with Gasteiger partial charge in [-0.1, -0.05) is 18.2 Å². The minimum atomic E-state index is -4.22. The van der Waals surface area contributed by atoms with Gasteiger partial charge in [0.05, 0.1) is 25.9 Å². The Hall–Kier alpha value is -4.53. The van der Waals surface area contributed by atoms with Crippen LogP contribution in [0.25, 0.3) is 22.3 Å². The van der Waals surface area contributed by atoms with Crippen molar-refractivity contribution in [2.75, 3.05) is 13.2 Å². The second-order valence-corrected chi connectivity index (χ2v) is 10.7. The fraction of sp³-hybridized carbons (Fsp3) is 0.333. The number of imidazole rings is 2. The third-order valence-corrected chi connectivity index (χ3v) is 7.99. The molecule has 0 aliphatic rings. The van der Waals surface area contributed by atoms with Crippen LogP contribution < -0.4 is 27.0 Å². The molecule has 0 N–H and O–H groups in total. The third kappa shape index (κ3) is 5.08. The van der Waals surface area contributed by atoms with Crippen molar-refractivity contribution >= 4 is 30.2 Å². The Labute approximate surface area is 230 Å². The number of nitrogens with zero attached hydrogens (tertiary/aromatic N) is 8. The Morgan fingerprint density at radius 3 is 1.56 bits per heavy atom. The second-order valence-electron chi connectivity index (χ2n) is 9.15. The molecule has 0 fully saturated rings. The van der Waals surface area contributed by atoms with Gasteiger partial charge in [-0.25, -0.2) is 24.1 Å². The lowest BCUT2D eigenvalue weighted by Crippen LogP contribution is -2.37. The van der Waals surface area contributed by atoms with Crippen LogP contribution >= 0.6 is 7.82 Å². The SMILES string of the molecule is Cn1c(=O)c2c(ncn2CCOP(=O)(OCCn2cnc3c2c(=O)n(C)c(=O)n3C)Oc2ccccc2)n(C)c1=O. The molecule has 5 rings (SSSR count). The van der Waals surface area contributed by atoms with E-state index in [0.29, 0.717) is 0 Å². The predicted molar refractivity (Wildman–Crippen MR) is 147 cm³/mol. The lowest BCUT2D eigenvalue weighted by atomic mass is 10.3. The number of para-hydroxylation sites is 1. The van der Waals surface area contributed by atoms with E-state index in [1.54, 1.807) is 30.3 Å². The van der Waals surface area contributed by atoms with E-state index in [1.807, 2.05) is 0 Å². The van der Waals surface area contributed by atoms with E-state index >= 15 is 0 Å². The summed E-state index contributed by atoms with van der Waals surface area (Å²) in [5.74, 6) is 0.240. The van der Waals surface area contributed by atoms with Crippen LogP contribution in [0, 0.1) is 0 Å². The first-order valence-corrected chi connectivity index (χ1v) is 13.8. The molecule has 17 heteroatoms. The summed E-state index contributed by atoms with van der Waals surface area (Å²) in [5, 5.41) is 0. The highest BCUT2D eigenvalue weighted by atomic mass is 31.2. The smallest absolute Gasteiger partial charge is 0.404 e. The fourth-order valence-electron chi connectivity index (χ4n) is 4.34. The summed E-state index contributed by atoms with van der Waals surface area (Å²) in [6.45, 7) is -0.298. The lowest BCUT2D eigenvalue weighted by molar-refractivity contribution is 0.148. The molecule has 5 aromatic rings. The number of aryl methyl sites for hydroxylation is 2. The van der Waals surface area contributed by atoms with Crippen LogP contribution in [0.5, 0.6) is 5.75 Å². The molecule has 216 valence electrons. The van der Waals surface area contributed by atoms with Gasteiger partial charge in [-0.05, 0) is 12.1 Å². The number of hydrogen-bond donors (Lipinski definition) is 0. The highest BCUT2D eigenvalue weighted by molar-refractivity contribution is 7.48. The molecule has 4 heterocycles. The summed E-state index contributed by atoms with van der Waals surface area (Å²) < 4.78 is 37.9. The van der Waals surface area contributed by atoms with Crippen LogP contribution in [0.3, 0.4) is 0 Å². The monoisotopic (exact) mass is 586 g/mol.